The second-order valence-electron chi connectivity index (χ2n) is 6.91. The first-order chi connectivity index (χ1) is 11.3. The summed E-state index contributed by atoms with van der Waals surface area (Å²) in [4.78, 5) is 12.8. The summed E-state index contributed by atoms with van der Waals surface area (Å²) in [6.45, 7) is 5.04. The van der Waals surface area contributed by atoms with Gasteiger partial charge in [0.2, 0.25) is 11.3 Å². The largest absolute Gasteiger partial charge is 0.345 e. The lowest BCUT2D eigenvalue weighted by Gasteiger charge is -2.54. The van der Waals surface area contributed by atoms with Crippen molar-refractivity contribution in [2.75, 3.05) is 0 Å². The molecule has 1 aromatic carbocycles. The van der Waals surface area contributed by atoms with Gasteiger partial charge in [-0.1, -0.05) is 44.2 Å². The number of fused-ring (bicyclic) bond motifs is 2. The molecule has 2 bridgehead atoms. The maximum atomic E-state index is 12.8. The molecule has 0 unspecified atom stereocenters. The normalized spacial score (nSPS) is 35.2. The highest BCUT2D eigenvalue weighted by Crippen LogP contribution is 2.69. The lowest BCUT2D eigenvalue weighted by Crippen LogP contribution is -2.64. The van der Waals surface area contributed by atoms with Gasteiger partial charge < -0.3 is 10.1 Å². The molecule has 3 rings (SSSR count). The molecule has 1 aromatic rings. The number of ether oxygens (including phenoxy) is 1. The van der Waals surface area contributed by atoms with E-state index in [0.717, 1.165) is 0 Å². The van der Waals surface area contributed by atoms with Crippen LogP contribution in [0.5, 0.6) is 0 Å². The summed E-state index contributed by atoms with van der Waals surface area (Å²) in [6, 6.07) is 14.7. The van der Waals surface area contributed by atoms with Crippen molar-refractivity contribution in [1.82, 2.24) is 5.32 Å². The molecule has 0 aromatic heterocycles. The number of carbonyl (C=O) groups is 1. The van der Waals surface area contributed by atoms with Gasteiger partial charge in [-0.15, -0.1) is 0 Å². The molecular weight excluding hydrogens is 304 g/mol. The monoisotopic (exact) mass is 320 g/mol. The Balaban J connectivity index is 2.39. The molecule has 2 saturated heterocycles. The first kappa shape index (κ1) is 16.0. The minimum absolute atomic E-state index is 0.582. The standard InChI is InChI=1S/C18H16N4O2/c1-15(2)16(3)22-14(23)18(15,11-21)17(9-19,10-20)13(24-16)12-7-5-4-6-8-12/h4-8,13H,1-3H3,(H,22,23)/t13-,16-,18-/m1/s1. The van der Waals surface area contributed by atoms with Crippen LogP contribution in [-0.4, -0.2) is 11.6 Å². The van der Waals surface area contributed by atoms with Gasteiger partial charge in [0, 0.05) is 5.41 Å². The summed E-state index contributed by atoms with van der Waals surface area (Å²) in [7, 11) is 0. The number of nitrogens with zero attached hydrogens (tertiary/aromatic N) is 3. The Kier molecular flexibility index (Phi) is 3.05. The average molecular weight is 320 g/mol. The van der Waals surface area contributed by atoms with E-state index in [-0.39, 0.29) is 0 Å². The van der Waals surface area contributed by atoms with Crippen LogP contribution in [0.4, 0.5) is 0 Å². The molecule has 0 aliphatic carbocycles. The Morgan fingerprint density at radius 3 is 2.12 bits per heavy atom. The predicted molar refractivity (Wildman–Crippen MR) is 82.3 cm³/mol. The van der Waals surface area contributed by atoms with E-state index in [1.54, 1.807) is 51.1 Å². The number of hydrogen-bond acceptors (Lipinski definition) is 5. The van der Waals surface area contributed by atoms with Crippen LogP contribution in [0.2, 0.25) is 0 Å². The van der Waals surface area contributed by atoms with Crippen molar-refractivity contribution >= 4 is 5.91 Å². The van der Waals surface area contributed by atoms with Crippen molar-refractivity contribution in [3.05, 3.63) is 35.9 Å². The van der Waals surface area contributed by atoms with E-state index in [4.69, 9.17) is 4.74 Å². The molecule has 6 heteroatoms. The van der Waals surface area contributed by atoms with Gasteiger partial charge in [0.15, 0.2) is 5.41 Å². The minimum atomic E-state index is -1.97. The first-order valence-electron chi connectivity index (χ1n) is 7.55. The van der Waals surface area contributed by atoms with Gasteiger partial charge in [0.1, 0.15) is 11.8 Å². The summed E-state index contributed by atoms with van der Waals surface area (Å²) < 4.78 is 6.13. The highest BCUT2D eigenvalue weighted by Gasteiger charge is 2.82. The van der Waals surface area contributed by atoms with Crippen molar-refractivity contribution in [3.8, 4) is 18.2 Å². The molecule has 24 heavy (non-hydrogen) atoms. The number of amides is 1. The molecule has 120 valence electrons. The smallest absolute Gasteiger partial charge is 0.246 e. The van der Waals surface area contributed by atoms with Crippen LogP contribution in [0, 0.1) is 50.2 Å². The summed E-state index contributed by atoms with van der Waals surface area (Å²) in [5.74, 6) is -0.640. The van der Waals surface area contributed by atoms with E-state index in [1.807, 2.05) is 18.2 Å². The Morgan fingerprint density at radius 2 is 1.62 bits per heavy atom. The molecule has 3 atom stereocenters. The number of nitrogens with one attached hydrogen (secondary N) is 1. The zero-order chi connectivity index (χ0) is 17.8. The fourth-order valence-corrected chi connectivity index (χ4v) is 4.01. The quantitative estimate of drug-likeness (QED) is 0.852. The van der Waals surface area contributed by atoms with E-state index in [1.165, 1.54) is 0 Å². The van der Waals surface area contributed by atoms with Gasteiger partial charge in [0.25, 0.3) is 0 Å². The summed E-state index contributed by atoms with van der Waals surface area (Å²) in [5.41, 5.74) is -5.48. The molecule has 2 fully saturated rings. The fraction of sp³-hybridized carbons (Fsp3) is 0.444. The maximum Gasteiger partial charge on any atom is 0.246 e. The summed E-state index contributed by atoms with van der Waals surface area (Å²) in [6.07, 6.45) is -1.02. The van der Waals surface area contributed by atoms with Crippen molar-refractivity contribution in [3.63, 3.8) is 0 Å². The topological polar surface area (TPSA) is 110 Å². The van der Waals surface area contributed by atoms with E-state index in [2.05, 4.69) is 5.32 Å². The van der Waals surface area contributed by atoms with E-state index >= 15 is 0 Å². The van der Waals surface area contributed by atoms with Gasteiger partial charge >= 0.3 is 0 Å². The van der Waals surface area contributed by atoms with Crippen molar-refractivity contribution in [1.29, 1.82) is 15.8 Å². The number of nitriles is 3. The Morgan fingerprint density at radius 1 is 1.04 bits per heavy atom. The van der Waals surface area contributed by atoms with E-state index in [9.17, 15) is 20.6 Å². The van der Waals surface area contributed by atoms with Gasteiger partial charge in [-0.25, -0.2) is 0 Å². The lowest BCUT2D eigenvalue weighted by molar-refractivity contribution is -0.240. The van der Waals surface area contributed by atoms with Crippen LogP contribution in [-0.2, 0) is 9.53 Å². The highest BCUT2D eigenvalue weighted by atomic mass is 16.5. The van der Waals surface area contributed by atoms with Gasteiger partial charge in [-0.05, 0) is 12.5 Å². The van der Waals surface area contributed by atoms with Crippen molar-refractivity contribution in [2.24, 2.45) is 16.2 Å². The van der Waals surface area contributed by atoms with Crippen LogP contribution in [0.15, 0.2) is 30.3 Å². The van der Waals surface area contributed by atoms with E-state index < -0.39 is 34.0 Å². The number of hydrogen-bond donors (Lipinski definition) is 1. The molecule has 2 heterocycles. The minimum Gasteiger partial charge on any atom is -0.345 e. The Bertz CT molecular complexity index is 829. The zero-order valence-corrected chi connectivity index (χ0v) is 13.6. The first-order valence-corrected chi connectivity index (χ1v) is 7.55. The van der Waals surface area contributed by atoms with Crippen LogP contribution in [0.3, 0.4) is 0 Å². The molecule has 6 nitrogen and oxygen atoms in total. The molecule has 2 aliphatic heterocycles. The highest BCUT2D eigenvalue weighted by molar-refractivity contribution is 5.93. The summed E-state index contributed by atoms with van der Waals surface area (Å²) >= 11 is 0. The number of benzene rings is 1. The molecule has 0 spiro atoms. The SMILES string of the molecule is CC1(C)[C@@]2(C#N)C(=O)N[C@]1(C)O[C@H](c1ccccc1)C2(C#N)C#N. The molecular formula is C18H16N4O2. The Labute approximate surface area is 140 Å². The van der Waals surface area contributed by atoms with Crippen LogP contribution in [0.25, 0.3) is 0 Å². The molecule has 0 radical (unpaired) electrons. The maximum absolute atomic E-state index is 12.8. The second kappa shape index (κ2) is 4.57. The third-order valence-corrected chi connectivity index (χ3v) is 5.78. The van der Waals surface area contributed by atoms with Crippen LogP contribution >= 0.6 is 0 Å². The fourth-order valence-electron chi connectivity index (χ4n) is 4.01. The molecule has 0 saturated carbocycles. The third kappa shape index (κ3) is 1.39. The Hall–Kier alpha value is -2.88. The number of rotatable bonds is 1. The average Bonchev–Trinajstić information content (AvgIpc) is 2.67. The molecule has 1 N–H and O–H groups in total. The van der Waals surface area contributed by atoms with Gasteiger partial charge in [-0.2, -0.15) is 15.8 Å². The van der Waals surface area contributed by atoms with Gasteiger partial charge in [-0.3, -0.25) is 4.79 Å². The lowest BCUT2D eigenvalue weighted by atomic mass is 9.48. The zero-order valence-electron chi connectivity index (χ0n) is 13.6. The van der Waals surface area contributed by atoms with Crippen LogP contribution < -0.4 is 5.32 Å². The number of carbonyl (C=O) groups excluding carboxylic acids is 1. The third-order valence-electron chi connectivity index (χ3n) is 5.78. The summed E-state index contributed by atoms with van der Waals surface area (Å²) in [5, 5.41) is 32.6. The second-order valence-corrected chi connectivity index (χ2v) is 6.91. The van der Waals surface area contributed by atoms with Crippen molar-refractivity contribution in [2.45, 2.75) is 32.6 Å². The van der Waals surface area contributed by atoms with Crippen molar-refractivity contribution < 1.29 is 9.53 Å². The van der Waals surface area contributed by atoms with E-state index in [0.29, 0.717) is 5.56 Å². The van der Waals surface area contributed by atoms with Crippen LogP contribution in [0.1, 0.15) is 32.4 Å². The molecule has 2 aliphatic rings. The van der Waals surface area contributed by atoms with Gasteiger partial charge in [0.05, 0.1) is 18.2 Å². The molecule has 1 amide bonds. The predicted octanol–water partition coefficient (Wildman–Crippen LogP) is 2.17.